The lowest BCUT2D eigenvalue weighted by molar-refractivity contribution is 0.108. The normalized spacial score (nSPS) is 9.13. The number of halogens is 1. The Morgan fingerprint density at radius 3 is 2.67 bits per heavy atom. The first-order chi connectivity index (χ1) is 7.13. The molecule has 0 aliphatic carbocycles. The minimum absolute atomic E-state index is 0.00191. The van der Waals surface area contributed by atoms with Gasteiger partial charge in [0.25, 0.3) is 5.24 Å². The third kappa shape index (κ3) is 2.14. The van der Waals surface area contributed by atoms with Gasteiger partial charge < -0.3 is 4.74 Å². The number of hydrogen-bond acceptors (Lipinski definition) is 4. The van der Waals surface area contributed by atoms with Crippen LogP contribution in [-0.4, -0.2) is 18.6 Å². The Labute approximate surface area is 91.0 Å². The van der Waals surface area contributed by atoms with Crippen molar-refractivity contribution in [2.24, 2.45) is 0 Å². The van der Waals surface area contributed by atoms with Gasteiger partial charge in [-0.2, -0.15) is 5.26 Å². The zero-order valence-corrected chi connectivity index (χ0v) is 8.54. The average molecular weight is 224 g/mol. The van der Waals surface area contributed by atoms with Crippen molar-refractivity contribution in [3.63, 3.8) is 0 Å². The number of benzene rings is 1. The molecule has 1 aromatic rings. The molecule has 0 atom stereocenters. The molecule has 1 aromatic carbocycles. The first kappa shape index (κ1) is 11.2. The quantitative estimate of drug-likeness (QED) is 0.578. The summed E-state index contributed by atoms with van der Waals surface area (Å²) in [6.07, 6.45) is 0.531. The van der Waals surface area contributed by atoms with Crippen molar-refractivity contribution in [3.05, 3.63) is 28.8 Å². The van der Waals surface area contributed by atoms with Gasteiger partial charge in [0, 0.05) is 0 Å². The molecule has 15 heavy (non-hydrogen) atoms. The van der Waals surface area contributed by atoms with E-state index in [1.54, 1.807) is 6.07 Å². The maximum absolute atomic E-state index is 11.0. The molecular formula is C10H6ClNO3. The second-order valence-electron chi connectivity index (χ2n) is 2.64. The predicted molar refractivity (Wildman–Crippen MR) is 53.3 cm³/mol. The van der Waals surface area contributed by atoms with E-state index >= 15 is 0 Å². The number of methoxy groups -OCH3 is 1. The lowest BCUT2D eigenvalue weighted by atomic mass is 10.1. The summed E-state index contributed by atoms with van der Waals surface area (Å²) in [7, 11) is 1.37. The number of aldehydes is 1. The van der Waals surface area contributed by atoms with E-state index in [2.05, 4.69) is 0 Å². The van der Waals surface area contributed by atoms with Gasteiger partial charge in [0.15, 0.2) is 6.29 Å². The molecule has 0 bridgehead atoms. The maximum Gasteiger partial charge on any atom is 0.253 e. The summed E-state index contributed by atoms with van der Waals surface area (Å²) in [5.41, 5.74) is 0.264. The van der Waals surface area contributed by atoms with Crippen LogP contribution in [0.4, 0.5) is 0 Å². The van der Waals surface area contributed by atoms with E-state index in [1.807, 2.05) is 0 Å². The lowest BCUT2D eigenvalue weighted by Crippen LogP contribution is -1.99. The summed E-state index contributed by atoms with van der Waals surface area (Å²) in [6, 6.07) is 4.34. The molecule has 0 aromatic heterocycles. The molecule has 0 heterocycles. The second kappa shape index (κ2) is 4.58. The monoisotopic (exact) mass is 223 g/mol. The van der Waals surface area contributed by atoms with Gasteiger partial charge in [-0.15, -0.1) is 0 Å². The topological polar surface area (TPSA) is 67.2 Å². The molecule has 0 fully saturated rings. The van der Waals surface area contributed by atoms with Gasteiger partial charge in [-0.3, -0.25) is 9.59 Å². The highest BCUT2D eigenvalue weighted by atomic mass is 35.5. The van der Waals surface area contributed by atoms with Crippen molar-refractivity contribution in [2.75, 3.05) is 7.11 Å². The van der Waals surface area contributed by atoms with Gasteiger partial charge in [0.2, 0.25) is 0 Å². The summed E-state index contributed by atoms with van der Waals surface area (Å²) in [6.45, 7) is 0. The van der Waals surface area contributed by atoms with Crippen LogP contribution < -0.4 is 4.74 Å². The first-order valence-corrected chi connectivity index (χ1v) is 4.29. The van der Waals surface area contributed by atoms with Crippen molar-refractivity contribution >= 4 is 23.1 Å². The Hall–Kier alpha value is -1.86. The fraction of sp³-hybridized carbons (Fsp3) is 0.100. The largest absolute Gasteiger partial charge is 0.496 e. The third-order valence-electron chi connectivity index (χ3n) is 1.83. The zero-order chi connectivity index (χ0) is 11.4. The van der Waals surface area contributed by atoms with Crippen LogP contribution in [0, 0.1) is 11.3 Å². The third-order valence-corrected chi connectivity index (χ3v) is 2.03. The van der Waals surface area contributed by atoms with Crippen molar-refractivity contribution in [3.8, 4) is 11.8 Å². The summed E-state index contributed by atoms with van der Waals surface area (Å²) in [4.78, 5) is 21.6. The van der Waals surface area contributed by atoms with Crippen molar-refractivity contribution in [1.82, 2.24) is 0 Å². The summed E-state index contributed by atoms with van der Waals surface area (Å²) in [5, 5.41) is 7.97. The van der Waals surface area contributed by atoms with Crippen LogP contribution in [0.1, 0.15) is 26.3 Å². The Morgan fingerprint density at radius 2 is 2.27 bits per heavy atom. The highest BCUT2D eigenvalue weighted by Gasteiger charge is 2.14. The number of carbonyl (C=O) groups is 2. The molecule has 4 nitrogen and oxygen atoms in total. The van der Waals surface area contributed by atoms with E-state index in [1.165, 1.54) is 19.2 Å². The Balaban J connectivity index is 3.49. The van der Waals surface area contributed by atoms with E-state index in [9.17, 15) is 9.59 Å². The number of rotatable bonds is 3. The summed E-state index contributed by atoms with van der Waals surface area (Å²) < 4.78 is 4.88. The van der Waals surface area contributed by atoms with Crippen LogP contribution in [0.2, 0.25) is 0 Å². The van der Waals surface area contributed by atoms with Gasteiger partial charge >= 0.3 is 0 Å². The van der Waals surface area contributed by atoms with Gasteiger partial charge in [-0.05, 0) is 23.7 Å². The SMILES string of the molecule is COc1cc(C#N)c(C(=O)Cl)cc1C=O. The first-order valence-electron chi connectivity index (χ1n) is 3.91. The van der Waals surface area contributed by atoms with Gasteiger partial charge in [0.1, 0.15) is 11.8 Å². The van der Waals surface area contributed by atoms with Crippen molar-refractivity contribution in [1.29, 1.82) is 5.26 Å². The smallest absolute Gasteiger partial charge is 0.253 e. The zero-order valence-electron chi connectivity index (χ0n) is 7.78. The number of ether oxygens (including phenoxy) is 1. The standard InChI is InChI=1S/C10H6ClNO3/c1-15-9-3-6(4-12)8(10(11)14)2-7(9)5-13/h2-3,5H,1H3. The number of carbonyl (C=O) groups excluding carboxylic acids is 2. The molecule has 0 N–H and O–H groups in total. The molecular weight excluding hydrogens is 218 g/mol. The van der Waals surface area contributed by atoms with Crippen LogP contribution in [-0.2, 0) is 0 Å². The van der Waals surface area contributed by atoms with Crippen LogP contribution in [0.15, 0.2) is 12.1 Å². The molecule has 0 spiro atoms. The molecule has 0 saturated carbocycles. The lowest BCUT2D eigenvalue weighted by Gasteiger charge is -2.05. The number of nitrogens with zero attached hydrogens (tertiary/aromatic N) is 1. The van der Waals surface area contributed by atoms with E-state index in [-0.39, 0.29) is 22.4 Å². The van der Waals surface area contributed by atoms with E-state index in [4.69, 9.17) is 21.6 Å². The molecule has 0 aliphatic heterocycles. The van der Waals surface area contributed by atoms with Gasteiger partial charge in [-0.1, -0.05) is 0 Å². The maximum atomic E-state index is 11.0. The number of nitriles is 1. The minimum atomic E-state index is -0.780. The molecule has 0 amide bonds. The van der Waals surface area contributed by atoms with Gasteiger partial charge in [0.05, 0.1) is 23.8 Å². The highest BCUT2D eigenvalue weighted by Crippen LogP contribution is 2.23. The average Bonchev–Trinajstić information content (AvgIpc) is 2.26. The predicted octanol–water partition coefficient (Wildman–Crippen LogP) is 1.76. The molecule has 0 saturated heterocycles. The van der Waals surface area contributed by atoms with Crippen LogP contribution in [0.5, 0.6) is 5.75 Å². The Bertz CT molecular complexity index is 462. The molecule has 0 aliphatic rings. The molecule has 0 unspecified atom stereocenters. The van der Waals surface area contributed by atoms with Crippen LogP contribution in [0.25, 0.3) is 0 Å². The molecule has 76 valence electrons. The van der Waals surface area contributed by atoms with Crippen molar-refractivity contribution in [2.45, 2.75) is 0 Å². The Morgan fingerprint density at radius 1 is 1.60 bits per heavy atom. The fourth-order valence-electron chi connectivity index (χ4n) is 1.12. The Kier molecular flexibility index (Phi) is 3.42. The summed E-state index contributed by atoms with van der Waals surface area (Å²) >= 11 is 5.26. The fourth-order valence-corrected chi connectivity index (χ4v) is 1.28. The van der Waals surface area contributed by atoms with Crippen LogP contribution in [0.3, 0.4) is 0 Å². The minimum Gasteiger partial charge on any atom is -0.496 e. The van der Waals surface area contributed by atoms with E-state index in [0.29, 0.717) is 6.29 Å². The molecule has 5 heteroatoms. The highest BCUT2D eigenvalue weighted by molar-refractivity contribution is 6.68. The van der Waals surface area contributed by atoms with E-state index < -0.39 is 5.24 Å². The van der Waals surface area contributed by atoms with Crippen LogP contribution >= 0.6 is 11.6 Å². The van der Waals surface area contributed by atoms with Crippen molar-refractivity contribution < 1.29 is 14.3 Å². The summed E-state index contributed by atoms with van der Waals surface area (Å²) in [5.74, 6) is 0.239. The van der Waals surface area contributed by atoms with Gasteiger partial charge in [-0.25, -0.2) is 0 Å². The number of hydrogen-bond donors (Lipinski definition) is 0. The molecule has 1 rings (SSSR count). The van der Waals surface area contributed by atoms with E-state index in [0.717, 1.165) is 0 Å². The second-order valence-corrected chi connectivity index (χ2v) is 2.99. The molecule has 0 radical (unpaired) electrons.